The van der Waals surface area contributed by atoms with Gasteiger partial charge in [0.25, 0.3) is 0 Å². The fourth-order valence-corrected chi connectivity index (χ4v) is 2.51. The number of benzene rings is 1. The molecule has 1 unspecified atom stereocenters. The van der Waals surface area contributed by atoms with Crippen LogP contribution in [0, 0.1) is 0 Å². The third kappa shape index (κ3) is 3.09. The average Bonchev–Trinajstić information content (AvgIpc) is 2.43. The Bertz CT molecular complexity index is 365. The summed E-state index contributed by atoms with van der Waals surface area (Å²) < 4.78 is 10.7. The molecule has 1 aromatic rings. The van der Waals surface area contributed by atoms with Gasteiger partial charge in [-0.05, 0) is 11.1 Å². The standard InChI is InChI=1S/C14H22N2O2/c1-17-11-12-4-2-3-5-13(12)14(10-15)16-6-8-18-9-7-16/h2-5,14H,6-11,15H2,1H3. The molecule has 4 heteroatoms. The van der Waals surface area contributed by atoms with E-state index < -0.39 is 0 Å². The topological polar surface area (TPSA) is 47.7 Å². The first-order valence-corrected chi connectivity index (χ1v) is 6.45. The monoisotopic (exact) mass is 250 g/mol. The highest BCUT2D eigenvalue weighted by molar-refractivity contribution is 5.30. The highest BCUT2D eigenvalue weighted by atomic mass is 16.5. The van der Waals surface area contributed by atoms with Gasteiger partial charge in [0, 0.05) is 32.8 Å². The van der Waals surface area contributed by atoms with Crippen molar-refractivity contribution in [2.45, 2.75) is 12.6 Å². The first-order chi connectivity index (χ1) is 8.86. The summed E-state index contributed by atoms with van der Waals surface area (Å²) in [5.74, 6) is 0. The fourth-order valence-electron chi connectivity index (χ4n) is 2.51. The number of nitrogens with zero attached hydrogens (tertiary/aromatic N) is 1. The van der Waals surface area contributed by atoms with Crippen molar-refractivity contribution in [3.63, 3.8) is 0 Å². The normalized spacial score (nSPS) is 18.8. The van der Waals surface area contributed by atoms with Gasteiger partial charge in [-0.15, -0.1) is 0 Å². The summed E-state index contributed by atoms with van der Waals surface area (Å²) in [5, 5.41) is 0. The Kier molecular flexibility index (Phi) is 5.13. The van der Waals surface area contributed by atoms with Crippen LogP contribution < -0.4 is 5.73 Å². The smallest absolute Gasteiger partial charge is 0.0716 e. The molecule has 100 valence electrons. The minimum atomic E-state index is 0.264. The van der Waals surface area contributed by atoms with Crippen molar-refractivity contribution in [3.8, 4) is 0 Å². The van der Waals surface area contributed by atoms with Crippen LogP contribution in [0.2, 0.25) is 0 Å². The number of ether oxygens (including phenoxy) is 2. The van der Waals surface area contributed by atoms with Gasteiger partial charge in [-0.3, -0.25) is 4.90 Å². The molecule has 1 saturated heterocycles. The van der Waals surface area contributed by atoms with Crippen molar-refractivity contribution < 1.29 is 9.47 Å². The summed E-state index contributed by atoms with van der Waals surface area (Å²) in [6.07, 6.45) is 0. The Labute approximate surface area is 109 Å². The molecule has 0 saturated carbocycles. The molecule has 0 aliphatic carbocycles. The van der Waals surface area contributed by atoms with Gasteiger partial charge in [-0.25, -0.2) is 0 Å². The SMILES string of the molecule is COCc1ccccc1C(CN)N1CCOCC1. The lowest BCUT2D eigenvalue weighted by molar-refractivity contribution is 0.0174. The predicted octanol–water partition coefficient (Wildman–Crippen LogP) is 1.17. The average molecular weight is 250 g/mol. The van der Waals surface area contributed by atoms with Crippen LogP contribution in [0.3, 0.4) is 0 Å². The summed E-state index contributed by atoms with van der Waals surface area (Å²) in [6.45, 7) is 4.75. The maximum atomic E-state index is 5.98. The van der Waals surface area contributed by atoms with Gasteiger partial charge in [-0.2, -0.15) is 0 Å². The zero-order chi connectivity index (χ0) is 12.8. The molecular formula is C14H22N2O2. The van der Waals surface area contributed by atoms with Gasteiger partial charge >= 0.3 is 0 Å². The van der Waals surface area contributed by atoms with Gasteiger partial charge in [0.1, 0.15) is 0 Å². The minimum absolute atomic E-state index is 0.264. The third-order valence-electron chi connectivity index (χ3n) is 3.42. The van der Waals surface area contributed by atoms with Crippen molar-refractivity contribution in [2.75, 3.05) is 40.0 Å². The molecule has 0 radical (unpaired) electrons. The maximum Gasteiger partial charge on any atom is 0.0716 e. The van der Waals surface area contributed by atoms with Crippen molar-refractivity contribution in [3.05, 3.63) is 35.4 Å². The number of nitrogens with two attached hydrogens (primary N) is 1. The quantitative estimate of drug-likeness (QED) is 0.852. The minimum Gasteiger partial charge on any atom is -0.380 e. The molecule has 1 atom stereocenters. The Morgan fingerprint density at radius 1 is 1.33 bits per heavy atom. The van der Waals surface area contributed by atoms with Crippen LogP contribution in [0.5, 0.6) is 0 Å². The third-order valence-corrected chi connectivity index (χ3v) is 3.42. The molecule has 1 aliphatic rings. The van der Waals surface area contributed by atoms with Crippen LogP contribution in [0.25, 0.3) is 0 Å². The predicted molar refractivity (Wildman–Crippen MR) is 71.3 cm³/mol. The van der Waals surface area contributed by atoms with Gasteiger partial charge in [-0.1, -0.05) is 24.3 Å². The van der Waals surface area contributed by atoms with Crippen LogP contribution in [-0.2, 0) is 16.1 Å². The molecule has 2 rings (SSSR count). The zero-order valence-electron chi connectivity index (χ0n) is 11.0. The van der Waals surface area contributed by atoms with E-state index in [0.29, 0.717) is 13.2 Å². The van der Waals surface area contributed by atoms with E-state index in [2.05, 4.69) is 23.1 Å². The van der Waals surface area contributed by atoms with Gasteiger partial charge in [0.2, 0.25) is 0 Å². The number of hydrogen-bond donors (Lipinski definition) is 1. The molecule has 0 aromatic heterocycles. The molecule has 1 fully saturated rings. The van der Waals surface area contributed by atoms with Crippen molar-refractivity contribution in [1.29, 1.82) is 0 Å². The molecule has 4 nitrogen and oxygen atoms in total. The summed E-state index contributed by atoms with van der Waals surface area (Å²) >= 11 is 0. The molecular weight excluding hydrogens is 228 g/mol. The molecule has 0 amide bonds. The molecule has 0 bridgehead atoms. The molecule has 0 spiro atoms. The second-order valence-electron chi connectivity index (χ2n) is 4.53. The van der Waals surface area contributed by atoms with E-state index in [1.165, 1.54) is 11.1 Å². The lowest BCUT2D eigenvalue weighted by Gasteiger charge is -2.35. The zero-order valence-corrected chi connectivity index (χ0v) is 11.0. The second kappa shape index (κ2) is 6.85. The van der Waals surface area contributed by atoms with Gasteiger partial charge < -0.3 is 15.2 Å². The Hall–Kier alpha value is -0.940. The van der Waals surface area contributed by atoms with E-state index in [4.69, 9.17) is 15.2 Å². The number of methoxy groups -OCH3 is 1. The Balaban J connectivity index is 2.20. The summed E-state index contributed by atoms with van der Waals surface area (Å²) in [6, 6.07) is 8.64. The first kappa shape index (κ1) is 13.5. The van der Waals surface area contributed by atoms with Crippen LogP contribution in [0.15, 0.2) is 24.3 Å². The lowest BCUT2D eigenvalue weighted by Crippen LogP contribution is -2.42. The molecule has 1 heterocycles. The van der Waals surface area contributed by atoms with Crippen LogP contribution in [0.4, 0.5) is 0 Å². The summed E-state index contributed by atoms with van der Waals surface area (Å²) in [7, 11) is 1.73. The van der Waals surface area contributed by atoms with Crippen molar-refractivity contribution >= 4 is 0 Å². The lowest BCUT2D eigenvalue weighted by atomic mass is 9.99. The molecule has 18 heavy (non-hydrogen) atoms. The fraction of sp³-hybridized carbons (Fsp3) is 0.571. The molecule has 2 N–H and O–H groups in total. The van der Waals surface area contributed by atoms with E-state index in [0.717, 1.165) is 26.3 Å². The number of morpholine rings is 1. The number of hydrogen-bond acceptors (Lipinski definition) is 4. The first-order valence-electron chi connectivity index (χ1n) is 6.45. The van der Waals surface area contributed by atoms with E-state index in [1.54, 1.807) is 7.11 Å². The van der Waals surface area contributed by atoms with Crippen LogP contribution in [-0.4, -0.2) is 44.9 Å². The molecule has 1 aliphatic heterocycles. The largest absolute Gasteiger partial charge is 0.380 e. The maximum absolute atomic E-state index is 5.98. The highest BCUT2D eigenvalue weighted by Gasteiger charge is 2.22. The number of rotatable bonds is 5. The Morgan fingerprint density at radius 2 is 2.06 bits per heavy atom. The summed E-state index contributed by atoms with van der Waals surface area (Å²) in [5.41, 5.74) is 8.48. The van der Waals surface area contributed by atoms with E-state index in [1.807, 2.05) is 6.07 Å². The van der Waals surface area contributed by atoms with E-state index in [9.17, 15) is 0 Å². The molecule has 1 aromatic carbocycles. The highest BCUT2D eigenvalue weighted by Crippen LogP contribution is 2.24. The Morgan fingerprint density at radius 3 is 2.72 bits per heavy atom. The summed E-state index contributed by atoms with van der Waals surface area (Å²) in [4.78, 5) is 2.40. The van der Waals surface area contributed by atoms with Crippen molar-refractivity contribution in [1.82, 2.24) is 4.90 Å². The van der Waals surface area contributed by atoms with Crippen molar-refractivity contribution in [2.24, 2.45) is 5.73 Å². The van der Waals surface area contributed by atoms with Gasteiger partial charge in [0.15, 0.2) is 0 Å². The van der Waals surface area contributed by atoms with Gasteiger partial charge in [0.05, 0.1) is 19.8 Å². The second-order valence-corrected chi connectivity index (χ2v) is 4.53. The van der Waals surface area contributed by atoms with E-state index >= 15 is 0 Å². The van der Waals surface area contributed by atoms with Crippen LogP contribution >= 0.6 is 0 Å². The van der Waals surface area contributed by atoms with Crippen LogP contribution in [0.1, 0.15) is 17.2 Å². The van der Waals surface area contributed by atoms with E-state index in [-0.39, 0.29) is 6.04 Å².